The van der Waals surface area contributed by atoms with Gasteiger partial charge >= 0.3 is 0 Å². The number of aromatic nitrogens is 4. The van der Waals surface area contributed by atoms with Crippen molar-refractivity contribution < 1.29 is 13.2 Å². The third kappa shape index (κ3) is 4.14. The van der Waals surface area contributed by atoms with Gasteiger partial charge in [-0.15, -0.1) is 0 Å². The SMILES string of the molecule is CS(=O)(=O)c1cccc(-c2nc(Nc3ccc(N4CCOCC4)cc3)nc3nc[nH]c23)c1. The zero-order valence-electron chi connectivity index (χ0n) is 17.4. The molecule has 0 atom stereocenters. The van der Waals surface area contributed by atoms with Crippen molar-refractivity contribution in [2.24, 2.45) is 0 Å². The molecule has 9 nitrogen and oxygen atoms in total. The highest BCUT2D eigenvalue weighted by Crippen LogP contribution is 2.28. The van der Waals surface area contributed by atoms with Crippen LogP contribution >= 0.6 is 0 Å². The lowest BCUT2D eigenvalue weighted by atomic mass is 10.1. The lowest BCUT2D eigenvalue weighted by molar-refractivity contribution is 0.122. The van der Waals surface area contributed by atoms with Crippen LogP contribution < -0.4 is 10.2 Å². The third-order valence-electron chi connectivity index (χ3n) is 5.32. The number of nitrogens with one attached hydrogen (secondary N) is 2. The number of anilines is 3. The van der Waals surface area contributed by atoms with Crippen molar-refractivity contribution in [2.45, 2.75) is 4.90 Å². The van der Waals surface area contributed by atoms with Crippen LogP contribution in [0.15, 0.2) is 59.8 Å². The number of rotatable bonds is 5. The van der Waals surface area contributed by atoms with Crippen LogP contribution in [-0.2, 0) is 14.6 Å². The molecule has 2 aromatic heterocycles. The Balaban J connectivity index is 1.47. The van der Waals surface area contributed by atoms with Crippen LogP contribution in [0.5, 0.6) is 0 Å². The summed E-state index contributed by atoms with van der Waals surface area (Å²) in [6.45, 7) is 3.23. The van der Waals surface area contributed by atoms with E-state index in [2.05, 4.69) is 42.3 Å². The Kier molecular flexibility index (Phi) is 5.24. The van der Waals surface area contributed by atoms with Crippen LogP contribution in [0.4, 0.5) is 17.3 Å². The summed E-state index contributed by atoms with van der Waals surface area (Å²) in [5, 5.41) is 3.23. The fourth-order valence-corrected chi connectivity index (χ4v) is 4.35. The van der Waals surface area contributed by atoms with Gasteiger partial charge in [0.25, 0.3) is 0 Å². The van der Waals surface area contributed by atoms with Gasteiger partial charge in [0.2, 0.25) is 5.95 Å². The number of fused-ring (bicyclic) bond motifs is 1. The Bertz CT molecular complexity index is 1360. The molecule has 0 spiro atoms. The predicted molar refractivity (Wildman–Crippen MR) is 123 cm³/mol. The summed E-state index contributed by atoms with van der Waals surface area (Å²) < 4.78 is 29.4. The second kappa shape index (κ2) is 8.21. The minimum Gasteiger partial charge on any atom is -0.378 e. The molecular formula is C22H22N6O3S. The van der Waals surface area contributed by atoms with Crippen LogP contribution in [0.2, 0.25) is 0 Å². The summed E-state index contributed by atoms with van der Waals surface area (Å²) in [6.07, 6.45) is 2.73. The first-order valence-corrected chi connectivity index (χ1v) is 12.1. The number of sulfone groups is 1. The summed E-state index contributed by atoms with van der Waals surface area (Å²) in [4.78, 5) is 19.0. The van der Waals surface area contributed by atoms with Crippen molar-refractivity contribution in [1.29, 1.82) is 0 Å². The largest absolute Gasteiger partial charge is 0.378 e. The number of H-pyrrole nitrogens is 1. The van der Waals surface area contributed by atoms with Gasteiger partial charge in [0, 0.05) is 36.3 Å². The van der Waals surface area contributed by atoms with Gasteiger partial charge in [0.05, 0.1) is 24.4 Å². The van der Waals surface area contributed by atoms with Crippen molar-refractivity contribution >= 4 is 38.3 Å². The molecule has 3 heterocycles. The van der Waals surface area contributed by atoms with E-state index in [1.54, 1.807) is 24.5 Å². The van der Waals surface area contributed by atoms with Gasteiger partial charge < -0.3 is 19.9 Å². The molecule has 2 N–H and O–H groups in total. The molecule has 0 amide bonds. The zero-order chi connectivity index (χ0) is 22.1. The lowest BCUT2D eigenvalue weighted by Gasteiger charge is -2.28. The van der Waals surface area contributed by atoms with Gasteiger partial charge in [0.15, 0.2) is 15.5 Å². The summed E-state index contributed by atoms with van der Waals surface area (Å²) >= 11 is 0. The Labute approximate surface area is 185 Å². The number of ether oxygens (including phenoxy) is 1. The maximum Gasteiger partial charge on any atom is 0.229 e. The molecular weight excluding hydrogens is 428 g/mol. The Morgan fingerprint density at radius 2 is 1.84 bits per heavy atom. The zero-order valence-corrected chi connectivity index (χ0v) is 18.3. The normalized spacial score (nSPS) is 14.6. The van der Waals surface area contributed by atoms with Gasteiger partial charge in [-0.05, 0) is 36.4 Å². The van der Waals surface area contributed by atoms with E-state index in [1.807, 2.05) is 18.2 Å². The van der Waals surface area contributed by atoms with Crippen molar-refractivity contribution in [3.05, 3.63) is 54.9 Å². The maximum absolute atomic E-state index is 12.0. The Morgan fingerprint density at radius 3 is 2.59 bits per heavy atom. The van der Waals surface area contributed by atoms with E-state index in [1.165, 1.54) is 6.26 Å². The quantitative estimate of drug-likeness (QED) is 0.477. The van der Waals surface area contributed by atoms with Crippen molar-refractivity contribution in [1.82, 2.24) is 19.9 Å². The molecule has 0 aliphatic carbocycles. The first-order valence-electron chi connectivity index (χ1n) is 10.2. The Morgan fingerprint density at radius 1 is 1.06 bits per heavy atom. The van der Waals surface area contributed by atoms with Gasteiger partial charge in [0.1, 0.15) is 11.2 Å². The van der Waals surface area contributed by atoms with Crippen molar-refractivity contribution in [3.8, 4) is 11.3 Å². The Hall–Kier alpha value is -3.50. The highest BCUT2D eigenvalue weighted by Gasteiger charge is 2.15. The molecule has 0 saturated carbocycles. The van der Waals surface area contributed by atoms with E-state index in [4.69, 9.17) is 4.74 Å². The molecule has 4 aromatic rings. The second-order valence-corrected chi connectivity index (χ2v) is 9.58. The summed E-state index contributed by atoms with van der Waals surface area (Å²) in [5.74, 6) is 0.378. The van der Waals surface area contributed by atoms with Crippen LogP contribution in [0.25, 0.3) is 22.4 Å². The maximum atomic E-state index is 12.0. The van der Waals surface area contributed by atoms with Gasteiger partial charge in [-0.25, -0.2) is 18.4 Å². The average molecular weight is 451 g/mol. The minimum atomic E-state index is -3.34. The first kappa shape index (κ1) is 20.4. The molecule has 1 aliphatic rings. The highest BCUT2D eigenvalue weighted by molar-refractivity contribution is 7.90. The molecule has 2 aromatic carbocycles. The van der Waals surface area contributed by atoms with Crippen LogP contribution in [0.3, 0.4) is 0 Å². The molecule has 1 aliphatic heterocycles. The van der Waals surface area contributed by atoms with E-state index in [0.29, 0.717) is 28.4 Å². The smallest absolute Gasteiger partial charge is 0.229 e. The topological polar surface area (TPSA) is 113 Å². The van der Waals surface area contributed by atoms with Crippen molar-refractivity contribution in [2.75, 3.05) is 42.8 Å². The molecule has 0 bridgehead atoms. The van der Waals surface area contributed by atoms with E-state index >= 15 is 0 Å². The van der Waals surface area contributed by atoms with Crippen LogP contribution in [-0.4, -0.2) is 60.9 Å². The molecule has 1 saturated heterocycles. The highest BCUT2D eigenvalue weighted by atomic mass is 32.2. The number of imidazole rings is 1. The molecule has 0 unspecified atom stereocenters. The van der Waals surface area contributed by atoms with E-state index in [9.17, 15) is 8.42 Å². The second-order valence-electron chi connectivity index (χ2n) is 7.57. The molecule has 5 rings (SSSR count). The van der Waals surface area contributed by atoms with Gasteiger partial charge in [-0.3, -0.25) is 0 Å². The number of nitrogens with zero attached hydrogens (tertiary/aromatic N) is 4. The van der Waals surface area contributed by atoms with E-state index < -0.39 is 9.84 Å². The molecule has 10 heteroatoms. The standard InChI is InChI=1S/C22H22N6O3S/c1-32(29,30)18-4-2-3-15(13-18)19-20-21(24-14-23-20)27-22(26-19)25-16-5-7-17(8-6-16)28-9-11-31-12-10-28/h2-8,13-14H,9-12H2,1H3,(H2,23,24,25,26,27). The minimum absolute atomic E-state index is 0.231. The monoisotopic (exact) mass is 450 g/mol. The number of aromatic amines is 1. The van der Waals surface area contributed by atoms with E-state index in [0.717, 1.165) is 37.7 Å². The number of hydrogen-bond donors (Lipinski definition) is 2. The molecule has 32 heavy (non-hydrogen) atoms. The lowest BCUT2D eigenvalue weighted by Crippen LogP contribution is -2.36. The van der Waals surface area contributed by atoms with Gasteiger partial charge in [-0.1, -0.05) is 12.1 Å². The van der Waals surface area contributed by atoms with Crippen LogP contribution in [0.1, 0.15) is 0 Å². The average Bonchev–Trinajstić information content (AvgIpc) is 3.28. The van der Waals surface area contributed by atoms with Crippen LogP contribution in [0, 0.1) is 0 Å². The number of benzene rings is 2. The van der Waals surface area contributed by atoms with Gasteiger partial charge in [-0.2, -0.15) is 4.98 Å². The summed E-state index contributed by atoms with van der Waals surface area (Å²) in [6, 6.07) is 14.8. The number of hydrogen-bond acceptors (Lipinski definition) is 8. The fourth-order valence-electron chi connectivity index (χ4n) is 3.68. The molecule has 164 valence electrons. The van der Waals surface area contributed by atoms with Crippen molar-refractivity contribution in [3.63, 3.8) is 0 Å². The number of morpholine rings is 1. The fraction of sp³-hybridized carbons (Fsp3) is 0.227. The van der Waals surface area contributed by atoms with E-state index in [-0.39, 0.29) is 4.90 Å². The molecule has 1 fully saturated rings. The summed E-state index contributed by atoms with van der Waals surface area (Å²) in [5.41, 5.74) is 4.35. The molecule has 0 radical (unpaired) electrons. The summed E-state index contributed by atoms with van der Waals surface area (Å²) in [7, 11) is -3.34. The third-order valence-corrected chi connectivity index (χ3v) is 6.43. The first-order chi connectivity index (χ1) is 15.5. The predicted octanol–water partition coefficient (Wildman–Crippen LogP) is 3.00.